The fourth-order valence-corrected chi connectivity index (χ4v) is 5.44. The van der Waals surface area contributed by atoms with Gasteiger partial charge in [-0.2, -0.15) is 5.10 Å². The van der Waals surface area contributed by atoms with Crippen LogP contribution >= 0.6 is 0 Å². The molecule has 7 nitrogen and oxygen atoms in total. The van der Waals surface area contributed by atoms with E-state index < -0.39 is 0 Å². The Bertz CT molecular complexity index is 1090. The SMILES string of the molecule is CC(C)c1c2cc(-c3ccnc(NC4CCC(NC5CCOCC5)CC4)n3)ccc2nn1C.[HH].[HH]. The number of rotatable bonds is 6. The summed E-state index contributed by atoms with van der Waals surface area (Å²) in [4.78, 5) is 9.37. The molecule has 0 unspecified atom stereocenters. The Kier molecular flexibility index (Phi) is 6.60. The second-order valence-corrected chi connectivity index (χ2v) is 9.91. The highest BCUT2D eigenvalue weighted by atomic mass is 16.5. The van der Waals surface area contributed by atoms with Gasteiger partial charge in [0, 0.05) is 64.1 Å². The molecular formula is C26H40N6O. The molecule has 1 aromatic carbocycles. The number of nitrogens with zero attached hydrogens (tertiary/aromatic N) is 4. The first kappa shape index (κ1) is 22.3. The highest BCUT2D eigenvalue weighted by molar-refractivity contribution is 5.86. The van der Waals surface area contributed by atoms with Gasteiger partial charge in [-0.3, -0.25) is 4.68 Å². The van der Waals surface area contributed by atoms with Crippen LogP contribution in [-0.4, -0.2) is 51.1 Å². The first-order valence-corrected chi connectivity index (χ1v) is 12.5. The summed E-state index contributed by atoms with van der Waals surface area (Å²) in [6.45, 7) is 6.22. The zero-order chi connectivity index (χ0) is 22.8. The lowest BCUT2D eigenvalue weighted by molar-refractivity contribution is 0.0730. The quantitative estimate of drug-likeness (QED) is 0.539. The number of hydrogen-bond donors (Lipinski definition) is 2. The largest absolute Gasteiger partial charge is 0.381 e. The maximum Gasteiger partial charge on any atom is 0.223 e. The van der Waals surface area contributed by atoms with Gasteiger partial charge in [-0.25, -0.2) is 9.97 Å². The van der Waals surface area contributed by atoms with Gasteiger partial charge in [0.2, 0.25) is 5.95 Å². The van der Waals surface area contributed by atoms with Crippen LogP contribution < -0.4 is 10.6 Å². The number of anilines is 1. The second-order valence-electron chi connectivity index (χ2n) is 9.91. The molecule has 3 heterocycles. The van der Waals surface area contributed by atoms with Crippen LogP contribution in [0.15, 0.2) is 30.5 Å². The smallest absolute Gasteiger partial charge is 0.223 e. The lowest BCUT2D eigenvalue weighted by Gasteiger charge is -2.33. The molecule has 1 aliphatic carbocycles. The topological polar surface area (TPSA) is 76.9 Å². The molecule has 0 spiro atoms. The van der Waals surface area contributed by atoms with E-state index >= 15 is 0 Å². The monoisotopic (exact) mass is 452 g/mol. The van der Waals surface area contributed by atoms with Crippen LogP contribution in [0, 0.1) is 0 Å². The summed E-state index contributed by atoms with van der Waals surface area (Å²) in [7, 11) is 2.02. The minimum atomic E-state index is 0. The first-order valence-electron chi connectivity index (χ1n) is 12.5. The number of benzene rings is 1. The van der Waals surface area contributed by atoms with E-state index in [9.17, 15) is 0 Å². The molecule has 0 radical (unpaired) electrons. The van der Waals surface area contributed by atoms with Crippen molar-refractivity contribution in [2.75, 3.05) is 18.5 Å². The van der Waals surface area contributed by atoms with E-state index in [1.54, 1.807) is 0 Å². The second kappa shape index (κ2) is 9.77. The third-order valence-corrected chi connectivity index (χ3v) is 7.13. The van der Waals surface area contributed by atoms with E-state index in [0.717, 1.165) is 61.6 Å². The summed E-state index contributed by atoms with van der Waals surface area (Å²) in [5.41, 5.74) is 4.34. The summed E-state index contributed by atoms with van der Waals surface area (Å²) in [5, 5.41) is 13.3. The summed E-state index contributed by atoms with van der Waals surface area (Å²) in [6.07, 6.45) is 8.83. The lowest BCUT2D eigenvalue weighted by Crippen LogP contribution is -2.44. The van der Waals surface area contributed by atoms with E-state index in [1.165, 1.54) is 23.9 Å². The van der Waals surface area contributed by atoms with Gasteiger partial charge >= 0.3 is 0 Å². The van der Waals surface area contributed by atoms with Crippen LogP contribution in [0.3, 0.4) is 0 Å². The Morgan fingerprint density at radius 1 is 1.00 bits per heavy atom. The highest BCUT2D eigenvalue weighted by Crippen LogP contribution is 2.29. The van der Waals surface area contributed by atoms with Crippen molar-refractivity contribution in [2.45, 2.75) is 76.4 Å². The number of nitrogens with one attached hydrogen (secondary N) is 2. The average molecular weight is 453 g/mol. The molecular weight excluding hydrogens is 412 g/mol. The van der Waals surface area contributed by atoms with Crippen LogP contribution in [0.1, 0.15) is 66.8 Å². The Morgan fingerprint density at radius 3 is 2.48 bits per heavy atom. The van der Waals surface area contributed by atoms with Gasteiger partial charge < -0.3 is 15.4 Å². The van der Waals surface area contributed by atoms with E-state index in [0.29, 0.717) is 24.0 Å². The molecule has 1 saturated carbocycles. The summed E-state index contributed by atoms with van der Waals surface area (Å²) in [6, 6.07) is 10.1. The van der Waals surface area contributed by atoms with Crippen molar-refractivity contribution in [2.24, 2.45) is 7.05 Å². The van der Waals surface area contributed by atoms with Crippen molar-refractivity contribution in [3.05, 3.63) is 36.2 Å². The molecule has 3 aromatic rings. The molecule has 5 rings (SSSR count). The van der Waals surface area contributed by atoms with Gasteiger partial charge in [0.25, 0.3) is 0 Å². The van der Waals surface area contributed by atoms with Crippen molar-refractivity contribution in [1.82, 2.24) is 25.1 Å². The van der Waals surface area contributed by atoms with Gasteiger partial charge in [0.15, 0.2) is 0 Å². The lowest BCUT2D eigenvalue weighted by atomic mass is 9.90. The standard InChI is InChI=1S/C26H36N6O.2H2/c1-17(2)25-22-16-18(4-9-24(22)31-32(25)3)23-10-13-27-26(30-23)29-20-7-5-19(6-8-20)28-21-11-14-33-15-12-21;;/h4,9-10,13,16-17,19-21,28H,5-8,11-12,14-15H2,1-3H3,(H,27,29,30);2*1H. The van der Waals surface area contributed by atoms with Crippen molar-refractivity contribution >= 4 is 16.9 Å². The Hall–Kier alpha value is -2.51. The molecule has 1 aliphatic heterocycles. The van der Waals surface area contributed by atoms with E-state index in [-0.39, 0.29) is 2.85 Å². The van der Waals surface area contributed by atoms with E-state index in [1.807, 2.05) is 24.0 Å². The van der Waals surface area contributed by atoms with Gasteiger partial charge in [0.1, 0.15) is 0 Å². The molecule has 0 bridgehead atoms. The molecule has 180 valence electrons. The third kappa shape index (κ3) is 5.04. The minimum absolute atomic E-state index is 0. The Labute approximate surface area is 199 Å². The Morgan fingerprint density at radius 2 is 1.73 bits per heavy atom. The maximum absolute atomic E-state index is 5.48. The number of fused-ring (bicyclic) bond motifs is 1. The fourth-order valence-electron chi connectivity index (χ4n) is 5.44. The fraction of sp³-hybridized carbons (Fsp3) is 0.577. The maximum atomic E-state index is 5.48. The zero-order valence-electron chi connectivity index (χ0n) is 20.1. The highest BCUT2D eigenvalue weighted by Gasteiger charge is 2.24. The molecule has 1 saturated heterocycles. The van der Waals surface area contributed by atoms with Gasteiger partial charge in [-0.1, -0.05) is 19.9 Å². The molecule has 2 N–H and O–H groups in total. The zero-order valence-corrected chi connectivity index (χ0v) is 20.1. The van der Waals surface area contributed by atoms with Crippen LogP contribution in [0.4, 0.5) is 5.95 Å². The third-order valence-electron chi connectivity index (χ3n) is 7.13. The molecule has 0 atom stereocenters. The molecule has 0 amide bonds. The molecule has 2 aromatic heterocycles. The van der Waals surface area contributed by atoms with Crippen molar-refractivity contribution in [3.63, 3.8) is 0 Å². The normalized spacial score (nSPS) is 22.2. The van der Waals surface area contributed by atoms with Crippen LogP contribution in [0.5, 0.6) is 0 Å². The average Bonchev–Trinajstić information content (AvgIpc) is 3.16. The number of ether oxygens (including phenoxy) is 1. The predicted octanol–water partition coefficient (Wildman–Crippen LogP) is 5.14. The predicted molar refractivity (Wildman–Crippen MR) is 137 cm³/mol. The van der Waals surface area contributed by atoms with Crippen LogP contribution in [-0.2, 0) is 11.8 Å². The van der Waals surface area contributed by atoms with Gasteiger partial charge in [0.05, 0.1) is 11.2 Å². The van der Waals surface area contributed by atoms with E-state index in [4.69, 9.17) is 9.72 Å². The van der Waals surface area contributed by atoms with Crippen LogP contribution in [0.2, 0.25) is 0 Å². The van der Waals surface area contributed by atoms with Crippen molar-refractivity contribution in [3.8, 4) is 11.3 Å². The summed E-state index contributed by atoms with van der Waals surface area (Å²) < 4.78 is 7.48. The summed E-state index contributed by atoms with van der Waals surface area (Å²) >= 11 is 0. The number of aryl methyl sites for hydroxylation is 1. The number of aromatic nitrogens is 4. The molecule has 33 heavy (non-hydrogen) atoms. The minimum Gasteiger partial charge on any atom is -0.381 e. The van der Waals surface area contributed by atoms with E-state index in [2.05, 4.69) is 52.8 Å². The van der Waals surface area contributed by atoms with Crippen LogP contribution in [0.25, 0.3) is 22.2 Å². The molecule has 2 fully saturated rings. The first-order chi connectivity index (χ1) is 16.1. The van der Waals surface area contributed by atoms with Crippen molar-refractivity contribution in [1.29, 1.82) is 0 Å². The molecule has 7 heteroatoms. The van der Waals surface area contributed by atoms with Gasteiger partial charge in [-0.05, 0) is 62.6 Å². The number of hydrogen-bond acceptors (Lipinski definition) is 6. The molecule has 2 aliphatic rings. The van der Waals surface area contributed by atoms with Crippen molar-refractivity contribution < 1.29 is 7.59 Å². The Balaban J connectivity index is 0.00000171. The van der Waals surface area contributed by atoms with Gasteiger partial charge in [-0.15, -0.1) is 0 Å². The summed E-state index contributed by atoms with van der Waals surface area (Å²) in [5.74, 6) is 1.14.